The Morgan fingerprint density at radius 1 is 1.04 bits per heavy atom. The fourth-order valence-corrected chi connectivity index (χ4v) is 2.48. The van der Waals surface area contributed by atoms with Gasteiger partial charge in [0, 0.05) is 26.7 Å². The van der Waals surface area contributed by atoms with Crippen LogP contribution in [0.4, 0.5) is 0 Å². The van der Waals surface area contributed by atoms with Gasteiger partial charge in [0.25, 0.3) is 0 Å². The van der Waals surface area contributed by atoms with Crippen molar-refractivity contribution in [1.82, 2.24) is 4.90 Å². The Morgan fingerprint density at radius 2 is 1.78 bits per heavy atom. The van der Waals surface area contributed by atoms with Gasteiger partial charge in [-0.1, -0.05) is 42.5 Å². The van der Waals surface area contributed by atoms with Crippen molar-refractivity contribution >= 4 is 5.97 Å². The van der Waals surface area contributed by atoms with Crippen LogP contribution in [0.25, 0.3) is 0 Å². The topological polar surface area (TPSA) is 49.8 Å². The summed E-state index contributed by atoms with van der Waals surface area (Å²) in [6, 6.07) is 17.5. The third-order valence-corrected chi connectivity index (χ3v) is 3.75. The molecule has 4 heteroatoms. The molecule has 0 aromatic heterocycles. The molecule has 0 unspecified atom stereocenters. The highest BCUT2D eigenvalue weighted by atomic mass is 16.5. The number of carboxylic acid groups (broad SMARTS) is 1. The predicted molar refractivity (Wildman–Crippen MR) is 90.7 cm³/mol. The molecule has 2 aromatic carbocycles. The Balaban J connectivity index is 2.00. The van der Waals surface area contributed by atoms with E-state index in [9.17, 15) is 4.79 Å². The average Bonchev–Trinajstić information content (AvgIpc) is 2.58. The molecule has 122 valence electrons. The van der Waals surface area contributed by atoms with Crippen LogP contribution >= 0.6 is 0 Å². The highest BCUT2D eigenvalue weighted by molar-refractivity contribution is 5.87. The van der Waals surface area contributed by atoms with Crippen molar-refractivity contribution < 1.29 is 14.6 Å². The quantitative estimate of drug-likeness (QED) is 0.773. The summed E-state index contributed by atoms with van der Waals surface area (Å²) in [5.74, 6) is -0.889. The minimum Gasteiger partial charge on any atom is -0.478 e. The highest BCUT2D eigenvalue weighted by Gasteiger charge is 2.09. The van der Waals surface area contributed by atoms with Crippen molar-refractivity contribution in [3.05, 3.63) is 71.3 Å². The first-order valence-electron chi connectivity index (χ1n) is 7.76. The number of carbonyl (C=O) groups is 1. The van der Waals surface area contributed by atoms with E-state index in [1.807, 2.05) is 24.3 Å². The first-order chi connectivity index (χ1) is 11.2. The normalized spacial score (nSPS) is 10.9. The van der Waals surface area contributed by atoms with E-state index in [1.54, 1.807) is 25.3 Å². The number of aromatic carboxylic acids is 1. The predicted octanol–water partition coefficient (Wildman–Crippen LogP) is 3.08. The van der Waals surface area contributed by atoms with Crippen molar-refractivity contribution in [2.45, 2.75) is 13.0 Å². The van der Waals surface area contributed by atoms with Crippen molar-refractivity contribution in [2.24, 2.45) is 0 Å². The summed E-state index contributed by atoms with van der Waals surface area (Å²) in [6.07, 6.45) is 0.961. The minimum absolute atomic E-state index is 0.331. The van der Waals surface area contributed by atoms with Crippen molar-refractivity contribution in [3.8, 4) is 0 Å². The third-order valence-electron chi connectivity index (χ3n) is 3.75. The molecule has 0 amide bonds. The molecule has 0 saturated carbocycles. The highest BCUT2D eigenvalue weighted by Crippen LogP contribution is 2.10. The molecule has 0 aliphatic heterocycles. The molecule has 0 bridgehead atoms. The maximum Gasteiger partial charge on any atom is 0.335 e. The summed E-state index contributed by atoms with van der Waals surface area (Å²) in [6.45, 7) is 3.11. The molecule has 23 heavy (non-hydrogen) atoms. The van der Waals surface area contributed by atoms with Gasteiger partial charge in [-0.25, -0.2) is 4.79 Å². The smallest absolute Gasteiger partial charge is 0.335 e. The van der Waals surface area contributed by atoms with Crippen LogP contribution in [-0.2, 0) is 17.7 Å². The Hall–Kier alpha value is -2.17. The second-order valence-corrected chi connectivity index (χ2v) is 5.51. The molecule has 0 radical (unpaired) electrons. The third kappa shape index (κ3) is 5.85. The molecule has 2 aromatic rings. The molecule has 0 aliphatic carbocycles. The molecule has 0 fully saturated rings. The van der Waals surface area contributed by atoms with Crippen LogP contribution in [0.5, 0.6) is 0 Å². The van der Waals surface area contributed by atoms with Gasteiger partial charge in [0.05, 0.1) is 12.2 Å². The van der Waals surface area contributed by atoms with E-state index in [1.165, 1.54) is 5.56 Å². The molecule has 0 aliphatic rings. The number of methoxy groups -OCH3 is 1. The zero-order valence-electron chi connectivity index (χ0n) is 13.4. The van der Waals surface area contributed by atoms with E-state index in [4.69, 9.17) is 9.84 Å². The van der Waals surface area contributed by atoms with Crippen LogP contribution in [0.3, 0.4) is 0 Å². The van der Waals surface area contributed by atoms with Gasteiger partial charge in [-0.05, 0) is 29.7 Å². The van der Waals surface area contributed by atoms with Gasteiger partial charge < -0.3 is 9.84 Å². The summed E-state index contributed by atoms with van der Waals surface area (Å²) in [4.78, 5) is 13.4. The maximum absolute atomic E-state index is 11.1. The lowest BCUT2D eigenvalue weighted by atomic mass is 10.1. The van der Waals surface area contributed by atoms with Gasteiger partial charge in [0.1, 0.15) is 0 Å². The van der Waals surface area contributed by atoms with E-state index < -0.39 is 5.97 Å². The lowest BCUT2D eigenvalue weighted by Gasteiger charge is -2.22. The SMILES string of the molecule is COCCN(CCc1ccccc1)Cc1cccc(C(=O)O)c1. The summed E-state index contributed by atoms with van der Waals surface area (Å²) in [7, 11) is 1.69. The van der Waals surface area contributed by atoms with E-state index in [-0.39, 0.29) is 0 Å². The van der Waals surface area contributed by atoms with E-state index in [0.717, 1.165) is 31.6 Å². The maximum atomic E-state index is 11.1. The van der Waals surface area contributed by atoms with Crippen molar-refractivity contribution in [1.29, 1.82) is 0 Å². The van der Waals surface area contributed by atoms with Crippen molar-refractivity contribution in [2.75, 3.05) is 26.8 Å². The fourth-order valence-electron chi connectivity index (χ4n) is 2.48. The first kappa shape index (κ1) is 17.2. The number of hydrogen-bond acceptors (Lipinski definition) is 3. The van der Waals surface area contributed by atoms with Crippen LogP contribution in [-0.4, -0.2) is 42.8 Å². The summed E-state index contributed by atoms with van der Waals surface area (Å²) < 4.78 is 5.19. The lowest BCUT2D eigenvalue weighted by Crippen LogP contribution is -2.29. The Labute approximate surface area is 137 Å². The Bertz CT molecular complexity index is 613. The van der Waals surface area contributed by atoms with Gasteiger partial charge in [-0.2, -0.15) is 0 Å². The largest absolute Gasteiger partial charge is 0.478 e. The van der Waals surface area contributed by atoms with Gasteiger partial charge in [0.2, 0.25) is 0 Å². The monoisotopic (exact) mass is 313 g/mol. The molecular formula is C19H23NO3. The van der Waals surface area contributed by atoms with Crippen LogP contribution in [0.15, 0.2) is 54.6 Å². The summed E-state index contributed by atoms with van der Waals surface area (Å²) in [5, 5.41) is 9.10. The number of nitrogens with zero attached hydrogens (tertiary/aromatic N) is 1. The van der Waals surface area contributed by atoms with E-state index in [2.05, 4.69) is 17.0 Å². The Kier molecular flexibility index (Phi) is 6.78. The Morgan fingerprint density at radius 3 is 2.48 bits per heavy atom. The van der Waals surface area contributed by atoms with Gasteiger partial charge in [-0.3, -0.25) is 4.90 Å². The molecule has 4 nitrogen and oxygen atoms in total. The van der Waals surface area contributed by atoms with E-state index in [0.29, 0.717) is 12.2 Å². The second kappa shape index (κ2) is 9.08. The zero-order chi connectivity index (χ0) is 16.5. The molecule has 0 saturated heterocycles. The summed E-state index contributed by atoms with van der Waals surface area (Å²) >= 11 is 0. The average molecular weight is 313 g/mol. The van der Waals surface area contributed by atoms with Gasteiger partial charge in [0.15, 0.2) is 0 Å². The molecule has 0 spiro atoms. The second-order valence-electron chi connectivity index (χ2n) is 5.51. The van der Waals surface area contributed by atoms with Gasteiger partial charge in [-0.15, -0.1) is 0 Å². The molecular weight excluding hydrogens is 290 g/mol. The lowest BCUT2D eigenvalue weighted by molar-refractivity contribution is 0.0696. The summed E-state index contributed by atoms with van der Waals surface area (Å²) in [5.41, 5.74) is 2.64. The first-order valence-corrected chi connectivity index (χ1v) is 7.76. The van der Waals surface area contributed by atoms with Crippen molar-refractivity contribution in [3.63, 3.8) is 0 Å². The molecule has 0 heterocycles. The fraction of sp³-hybridized carbons (Fsp3) is 0.316. The van der Waals surface area contributed by atoms with Crippen LogP contribution < -0.4 is 0 Å². The number of ether oxygens (including phenoxy) is 1. The van der Waals surface area contributed by atoms with Crippen LogP contribution in [0, 0.1) is 0 Å². The standard InChI is InChI=1S/C19H23NO3/c1-23-13-12-20(11-10-16-6-3-2-4-7-16)15-17-8-5-9-18(14-17)19(21)22/h2-9,14H,10-13,15H2,1H3,(H,21,22). The minimum atomic E-state index is -0.889. The van der Waals surface area contributed by atoms with Crippen LogP contribution in [0.2, 0.25) is 0 Å². The van der Waals surface area contributed by atoms with E-state index >= 15 is 0 Å². The van der Waals surface area contributed by atoms with Gasteiger partial charge >= 0.3 is 5.97 Å². The number of benzene rings is 2. The zero-order valence-corrected chi connectivity index (χ0v) is 13.4. The molecule has 0 atom stereocenters. The molecule has 1 N–H and O–H groups in total. The van der Waals surface area contributed by atoms with Crippen LogP contribution in [0.1, 0.15) is 21.5 Å². The number of rotatable bonds is 9. The number of carboxylic acids is 1. The molecule has 2 rings (SSSR count). The number of hydrogen-bond donors (Lipinski definition) is 1.